The van der Waals surface area contributed by atoms with Crippen LogP contribution in [0.3, 0.4) is 0 Å². The molecular formula is C24H29N5O3S. The van der Waals surface area contributed by atoms with Gasteiger partial charge in [0, 0.05) is 36.4 Å². The van der Waals surface area contributed by atoms with Gasteiger partial charge in [0.05, 0.1) is 16.3 Å². The monoisotopic (exact) mass is 467 g/mol. The minimum absolute atomic E-state index is 0.00464. The number of hydrogen-bond donors (Lipinski definition) is 3. The first-order valence-corrected chi connectivity index (χ1v) is 12.4. The number of likely N-dealkylation sites (tertiary alicyclic amines) is 1. The third-order valence-electron chi connectivity index (χ3n) is 6.87. The Labute approximate surface area is 197 Å². The lowest BCUT2D eigenvalue weighted by molar-refractivity contribution is -0.128. The highest BCUT2D eigenvalue weighted by atomic mass is 32.2. The quantitative estimate of drug-likeness (QED) is 0.590. The molecule has 4 amide bonds. The summed E-state index contributed by atoms with van der Waals surface area (Å²) in [5.41, 5.74) is 2.71. The average Bonchev–Trinajstić information content (AvgIpc) is 3.18. The molecule has 3 N–H and O–H groups in total. The first-order valence-electron chi connectivity index (χ1n) is 11.5. The van der Waals surface area contributed by atoms with Gasteiger partial charge < -0.3 is 20.9 Å². The number of benzene rings is 1. The number of anilines is 1. The zero-order valence-electron chi connectivity index (χ0n) is 18.7. The number of amides is 4. The number of nitrogens with zero attached hydrogens (tertiary/aromatic N) is 2. The van der Waals surface area contributed by atoms with E-state index in [1.54, 1.807) is 4.90 Å². The van der Waals surface area contributed by atoms with E-state index in [0.717, 1.165) is 42.8 Å². The highest BCUT2D eigenvalue weighted by molar-refractivity contribution is 8.04. The van der Waals surface area contributed by atoms with Crippen LogP contribution in [0.2, 0.25) is 0 Å². The summed E-state index contributed by atoms with van der Waals surface area (Å²) < 4.78 is 0. The highest BCUT2D eigenvalue weighted by Gasteiger charge is 2.51. The molecule has 0 radical (unpaired) electrons. The van der Waals surface area contributed by atoms with Crippen molar-refractivity contribution in [2.45, 2.75) is 43.6 Å². The van der Waals surface area contributed by atoms with Gasteiger partial charge in [-0.3, -0.25) is 14.5 Å². The van der Waals surface area contributed by atoms with E-state index in [9.17, 15) is 14.4 Å². The molecule has 4 aliphatic rings. The largest absolute Gasteiger partial charge is 0.347 e. The Kier molecular flexibility index (Phi) is 5.92. The Hall–Kier alpha value is -2.78. The molecule has 1 aromatic rings. The molecule has 3 saturated heterocycles. The number of rotatable bonds is 4. The topological polar surface area (TPSA) is 93.8 Å². The maximum absolute atomic E-state index is 13.3. The summed E-state index contributed by atoms with van der Waals surface area (Å²) in [5, 5.41) is 9.72. The molecule has 3 fully saturated rings. The molecule has 3 unspecified atom stereocenters. The average molecular weight is 468 g/mol. The molecule has 0 spiro atoms. The molecule has 1 aromatic carbocycles. The summed E-state index contributed by atoms with van der Waals surface area (Å²) in [6.07, 6.45) is 3.79. The van der Waals surface area contributed by atoms with Crippen molar-refractivity contribution in [2.24, 2.45) is 5.92 Å². The van der Waals surface area contributed by atoms with Gasteiger partial charge in [-0.05, 0) is 56.5 Å². The van der Waals surface area contributed by atoms with Crippen LogP contribution < -0.4 is 20.9 Å². The maximum atomic E-state index is 13.3. The number of carbonyl (C=O) groups is 3. The lowest BCUT2D eigenvalue weighted by Crippen LogP contribution is -2.62. The van der Waals surface area contributed by atoms with E-state index in [0.29, 0.717) is 18.0 Å². The number of carbonyl (C=O) groups excluding carboxylic acids is 3. The van der Waals surface area contributed by atoms with E-state index in [1.807, 2.05) is 36.1 Å². The van der Waals surface area contributed by atoms with Crippen molar-refractivity contribution in [3.8, 4) is 0 Å². The van der Waals surface area contributed by atoms with Crippen molar-refractivity contribution in [1.82, 2.24) is 20.9 Å². The van der Waals surface area contributed by atoms with Crippen LogP contribution in [0.1, 0.15) is 24.8 Å². The standard InChI is InChI=1S/C24H29N5O3S/c1-3-18(30)28-11-5-7-15(13-28)26-22(31)21-20-19-17(9-10-25-23(19)33-21)29(24(32)27-20)16-8-4-6-14(2)12-16/h3-4,6,8,12,15,17,19,23,25H,1,5,7,9-11,13H2,2H3,(H,26,31)(H,27,32)/t15-,17?,19?,23?/m1/s1. The smallest absolute Gasteiger partial charge is 0.326 e. The number of thioether (sulfide) groups is 1. The number of urea groups is 1. The fourth-order valence-electron chi connectivity index (χ4n) is 5.38. The van der Waals surface area contributed by atoms with Crippen molar-refractivity contribution in [3.05, 3.63) is 53.1 Å². The van der Waals surface area contributed by atoms with Gasteiger partial charge in [0.15, 0.2) is 0 Å². The van der Waals surface area contributed by atoms with Gasteiger partial charge in [-0.25, -0.2) is 4.79 Å². The van der Waals surface area contributed by atoms with Crippen LogP contribution in [0.25, 0.3) is 0 Å². The van der Waals surface area contributed by atoms with Crippen LogP contribution in [0.15, 0.2) is 47.5 Å². The Balaban J connectivity index is 1.38. The zero-order chi connectivity index (χ0) is 23.1. The number of aryl methyl sites for hydroxylation is 1. The second kappa shape index (κ2) is 8.87. The van der Waals surface area contributed by atoms with E-state index in [-0.39, 0.29) is 41.2 Å². The van der Waals surface area contributed by atoms with Gasteiger partial charge >= 0.3 is 6.03 Å². The van der Waals surface area contributed by atoms with Crippen LogP contribution in [-0.2, 0) is 9.59 Å². The highest BCUT2D eigenvalue weighted by Crippen LogP contribution is 2.47. The Morgan fingerprint density at radius 3 is 2.94 bits per heavy atom. The third-order valence-corrected chi connectivity index (χ3v) is 8.22. The molecule has 4 atom stereocenters. The van der Waals surface area contributed by atoms with E-state index >= 15 is 0 Å². The second-order valence-corrected chi connectivity index (χ2v) is 10.2. The van der Waals surface area contributed by atoms with Crippen molar-refractivity contribution >= 4 is 35.3 Å². The summed E-state index contributed by atoms with van der Waals surface area (Å²) in [7, 11) is 0. The Bertz CT molecular complexity index is 1040. The fourth-order valence-corrected chi connectivity index (χ4v) is 6.77. The molecule has 174 valence electrons. The molecule has 0 bridgehead atoms. The fraction of sp³-hybridized carbons (Fsp3) is 0.458. The number of hydrogen-bond acceptors (Lipinski definition) is 5. The second-order valence-electron chi connectivity index (χ2n) is 9.06. The first-order chi connectivity index (χ1) is 16.0. The minimum atomic E-state index is -0.189. The van der Waals surface area contributed by atoms with Crippen LogP contribution in [0, 0.1) is 12.8 Å². The first kappa shape index (κ1) is 22.0. The van der Waals surface area contributed by atoms with E-state index in [4.69, 9.17) is 0 Å². The Morgan fingerprint density at radius 1 is 1.30 bits per heavy atom. The van der Waals surface area contributed by atoms with Crippen LogP contribution in [0.5, 0.6) is 0 Å². The van der Waals surface area contributed by atoms with Crippen molar-refractivity contribution in [1.29, 1.82) is 0 Å². The zero-order valence-corrected chi connectivity index (χ0v) is 19.5. The van der Waals surface area contributed by atoms with Crippen molar-refractivity contribution in [3.63, 3.8) is 0 Å². The van der Waals surface area contributed by atoms with Gasteiger partial charge in [0.1, 0.15) is 0 Å². The molecule has 0 saturated carbocycles. The third kappa shape index (κ3) is 4.04. The van der Waals surface area contributed by atoms with E-state index in [1.165, 1.54) is 17.8 Å². The van der Waals surface area contributed by atoms with Gasteiger partial charge in [-0.1, -0.05) is 30.5 Å². The summed E-state index contributed by atoms with van der Waals surface area (Å²) in [6, 6.07) is 7.67. The Morgan fingerprint density at radius 2 is 2.15 bits per heavy atom. The van der Waals surface area contributed by atoms with Crippen LogP contribution in [-0.4, -0.2) is 59.8 Å². The molecule has 4 aliphatic heterocycles. The molecule has 0 aliphatic carbocycles. The van der Waals surface area contributed by atoms with E-state index < -0.39 is 0 Å². The summed E-state index contributed by atoms with van der Waals surface area (Å²) in [6.45, 7) is 7.53. The SMILES string of the molecule is C=CC(=O)N1CCC[C@@H](NC(=O)C2=C3NC(=O)N(c4cccc(C)c4)C4CCNC(S2)C34)C1. The normalized spacial score (nSPS) is 28.8. The predicted molar refractivity (Wildman–Crippen MR) is 128 cm³/mol. The van der Waals surface area contributed by atoms with Crippen molar-refractivity contribution < 1.29 is 14.4 Å². The summed E-state index contributed by atoms with van der Waals surface area (Å²) >= 11 is 1.50. The number of nitrogens with one attached hydrogen (secondary N) is 3. The van der Waals surface area contributed by atoms with Gasteiger partial charge in [0.25, 0.3) is 5.91 Å². The number of piperidine rings is 2. The summed E-state index contributed by atoms with van der Waals surface area (Å²) in [5.74, 6) is -0.264. The molecule has 0 aromatic heterocycles. The molecule has 8 nitrogen and oxygen atoms in total. The van der Waals surface area contributed by atoms with E-state index in [2.05, 4.69) is 22.5 Å². The summed E-state index contributed by atoms with van der Waals surface area (Å²) in [4.78, 5) is 42.7. The lowest BCUT2D eigenvalue weighted by atomic mass is 9.86. The molecule has 33 heavy (non-hydrogen) atoms. The van der Waals surface area contributed by atoms with Gasteiger partial charge in [-0.15, -0.1) is 0 Å². The van der Waals surface area contributed by atoms with Crippen molar-refractivity contribution in [2.75, 3.05) is 24.5 Å². The van der Waals surface area contributed by atoms with Crippen LogP contribution >= 0.6 is 11.8 Å². The minimum Gasteiger partial charge on any atom is -0.347 e. The molecular weight excluding hydrogens is 438 g/mol. The van der Waals surface area contributed by atoms with Gasteiger partial charge in [-0.2, -0.15) is 0 Å². The van der Waals surface area contributed by atoms with Gasteiger partial charge in [0.2, 0.25) is 5.91 Å². The lowest BCUT2D eigenvalue weighted by Gasteiger charge is -2.45. The maximum Gasteiger partial charge on any atom is 0.326 e. The molecule has 9 heteroatoms. The molecule has 5 rings (SSSR count). The van der Waals surface area contributed by atoms with Crippen LogP contribution in [0.4, 0.5) is 10.5 Å². The predicted octanol–water partition coefficient (Wildman–Crippen LogP) is 2.08. The molecule has 4 heterocycles.